The lowest BCUT2D eigenvalue weighted by Gasteiger charge is -2.11. The number of benzene rings is 1. The predicted octanol–water partition coefficient (Wildman–Crippen LogP) is 4.79. The molecule has 1 N–H and O–H groups in total. The van der Waals surface area contributed by atoms with Crippen molar-refractivity contribution in [3.8, 4) is 0 Å². The van der Waals surface area contributed by atoms with Crippen molar-refractivity contribution in [1.29, 1.82) is 0 Å². The summed E-state index contributed by atoms with van der Waals surface area (Å²) in [7, 11) is 0. The van der Waals surface area contributed by atoms with Gasteiger partial charge in [0.05, 0.1) is 12.2 Å². The minimum atomic E-state index is 0.585. The van der Waals surface area contributed by atoms with E-state index in [1.54, 1.807) is 6.20 Å². The predicted molar refractivity (Wildman–Crippen MR) is 78.1 cm³/mol. The first-order valence-electron chi connectivity index (χ1n) is 5.17. The Labute approximate surface area is 118 Å². The summed E-state index contributed by atoms with van der Waals surface area (Å²) in [5.41, 5.74) is 3.60. The minimum Gasteiger partial charge on any atom is -0.379 e. The average Bonchev–Trinajstić information content (AvgIpc) is 2.62. The van der Waals surface area contributed by atoms with Gasteiger partial charge in [-0.15, -0.1) is 11.3 Å². The second-order valence-corrected chi connectivity index (χ2v) is 6.42. The molecule has 0 spiro atoms. The van der Waals surface area contributed by atoms with E-state index in [0.29, 0.717) is 4.47 Å². The van der Waals surface area contributed by atoms with Crippen molar-refractivity contribution in [2.45, 2.75) is 20.4 Å². The molecule has 17 heavy (non-hydrogen) atoms. The van der Waals surface area contributed by atoms with Gasteiger partial charge < -0.3 is 5.32 Å². The van der Waals surface area contributed by atoms with Crippen LogP contribution in [0.3, 0.4) is 0 Å². The highest BCUT2D eigenvalue weighted by Gasteiger charge is 2.06. The van der Waals surface area contributed by atoms with Gasteiger partial charge in [-0.1, -0.05) is 17.7 Å². The van der Waals surface area contributed by atoms with Crippen molar-refractivity contribution in [1.82, 2.24) is 4.98 Å². The fourth-order valence-corrected chi connectivity index (χ4v) is 3.41. The van der Waals surface area contributed by atoms with Crippen molar-refractivity contribution in [3.05, 3.63) is 43.3 Å². The number of anilines is 1. The summed E-state index contributed by atoms with van der Waals surface area (Å²) in [6.07, 6.45) is 1.80. The molecule has 1 aromatic heterocycles. The third-order valence-corrected chi connectivity index (χ3v) is 4.14. The molecule has 0 aliphatic heterocycles. The molecule has 2 nitrogen and oxygen atoms in total. The molecular weight excluding hydrogens is 320 g/mol. The molecule has 0 amide bonds. The summed E-state index contributed by atoms with van der Waals surface area (Å²) in [5, 5.41) is 3.40. The zero-order valence-electron chi connectivity index (χ0n) is 9.55. The Morgan fingerprint density at radius 2 is 2.18 bits per heavy atom. The first-order chi connectivity index (χ1) is 8.06. The van der Waals surface area contributed by atoms with Gasteiger partial charge in [-0.3, -0.25) is 0 Å². The van der Waals surface area contributed by atoms with Crippen LogP contribution < -0.4 is 5.32 Å². The second-order valence-electron chi connectivity index (χ2n) is 3.87. The number of hydrogen-bond acceptors (Lipinski definition) is 3. The molecule has 1 heterocycles. The molecule has 1 aromatic carbocycles. The molecule has 5 heteroatoms. The third-order valence-electron chi connectivity index (χ3n) is 2.40. The van der Waals surface area contributed by atoms with Crippen LogP contribution in [0, 0.1) is 13.8 Å². The number of thiazole rings is 1. The Morgan fingerprint density at radius 1 is 1.41 bits per heavy atom. The summed E-state index contributed by atoms with van der Waals surface area (Å²) < 4.78 is 1.67. The first-order valence-corrected chi connectivity index (χ1v) is 7.16. The molecule has 90 valence electrons. The number of nitrogens with zero attached hydrogens (tertiary/aromatic N) is 1. The maximum atomic E-state index is 5.80. The average molecular weight is 332 g/mol. The molecule has 0 unspecified atom stereocenters. The quantitative estimate of drug-likeness (QED) is 0.875. The van der Waals surface area contributed by atoms with Crippen LogP contribution in [0.15, 0.2) is 22.8 Å². The standard InChI is InChI=1S/C12H12BrClN2S/c1-7-3-8(2)11(10(13)4-7)15-5-9-6-16-12(14)17-9/h3-4,6,15H,5H2,1-2H3. The van der Waals surface area contributed by atoms with Crippen LogP contribution >= 0.6 is 38.9 Å². The van der Waals surface area contributed by atoms with Gasteiger partial charge in [0.15, 0.2) is 4.47 Å². The molecule has 2 aromatic rings. The second kappa shape index (κ2) is 5.38. The van der Waals surface area contributed by atoms with E-state index in [-0.39, 0.29) is 0 Å². The summed E-state index contributed by atoms with van der Waals surface area (Å²) in [6.45, 7) is 4.93. The minimum absolute atomic E-state index is 0.585. The monoisotopic (exact) mass is 330 g/mol. The van der Waals surface area contributed by atoms with Crippen LogP contribution in [0.2, 0.25) is 4.47 Å². The van der Waals surface area contributed by atoms with E-state index in [4.69, 9.17) is 11.6 Å². The number of halogens is 2. The van der Waals surface area contributed by atoms with Crippen molar-refractivity contribution in [2.24, 2.45) is 0 Å². The molecule has 0 fully saturated rings. The molecule has 0 atom stereocenters. The van der Waals surface area contributed by atoms with Crippen LogP contribution in [0.25, 0.3) is 0 Å². The fraction of sp³-hybridized carbons (Fsp3) is 0.250. The van der Waals surface area contributed by atoms with E-state index in [1.807, 2.05) is 0 Å². The maximum absolute atomic E-state index is 5.80. The van der Waals surface area contributed by atoms with Gasteiger partial charge in [0.1, 0.15) is 0 Å². The highest BCUT2D eigenvalue weighted by molar-refractivity contribution is 9.10. The molecule has 0 saturated heterocycles. The Kier molecular flexibility index (Phi) is 4.07. The van der Waals surface area contributed by atoms with E-state index < -0.39 is 0 Å². The van der Waals surface area contributed by atoms with Gasteiger partial charge >= 0.3 is 0 Å². The summed E-state index contributed by atoms with van der Waals surface area (Å²) in [5.74, 6) is 0. The van der Waals surface area contributed by atoms with Crippen LogP contribution in [0.5, 0.6) is 0 Å². The van der Waals surface area contributed by atoms with E-state index in [9.17, 15) is 0 Å². The zero-order valence-corrected chi connectivity index (χ0v) is 12.7. The van der Waals surface area contributed by atoms with Gasteiger partial charge in [-0.2, -0.15) is 0 Å². The number of rotatable bonds is 3. The third kappa shape index (κ3) is 3.21. The van der Waals surface area contributed by atoms with E-state index >= 15 is 0 Å². The van der Waals surface area contributed by atoms with Crippen LogP contribution in [-0.2, 0) is 6.54 Å². The highest BCUT2D eigenvalue weighted by Crippen LogP contribution is 2.29. The fourth-order valence-electron chi connectivity index (χ4n) is 1.68. The van der Waals surface area contributed by atoms with Crippen molar-refractivity contribution in [3.63, 3.8) is 0 Å². The lowest BCUT2D eigenvalue weighted by molar-refractivity contribution is 1.15. The number of nitrogens with one attached hydrogen (secondary N) is 1. The molecule has 0 bridgehead atoms. The SMILES string of the molecule is Cc1cc(C)c(NCc2cnc(Cl)s2)c(Br)c1. The van der Waals surface area contributed by atoms with Crippen LogP contribution in [0.1, 0.15) is 16.0 Å². The molecule has 0 radical (unpaired) electrons. The smallest absolute Gasteiger partial charge is 0.183 e. The maximum Gasteiger partial charge on any atom is 0.183 e. The van der Waals surface area contributed by atoms with Gasteiger partial charge in [0, 0.05) is 15.5 Å². The van der Waals surface area contributed by atoms with Crippen molar-refractivity contribution in [2.75, 3.05) is 5.32 Å². The number of aryl methyl sites for hydroxylation is 2. The van der Waals surface area contributed by atoms with E-state index in [1.165, 1.54) is 22.5 Å². The van der Waals surface area contributed by atoms with E-state index in [0.717, 1.165) is 21.6 Å². The molecule has 0 aliphatic carbocycles. The van der Waals surface area contributed by atoms with Gasteiger partial charge in [0.2, 0.25) is 0 Å². The van der Waals surface area contributed by atoms with Crippen molar-refractivity contribution >= 4 is 44.6 Å². The number of hydrogen-bond donors (Lipinski definition) is 1. The van der Waals surface area contributed by atoms with Gasteiger partial charge in [-0.05, 0) is 47.0 Å². The molecule has 2 rings (SSSR count). The van der Waals surface area contributed by atoms with Gasteiger partial charge in [-0.25, -0.2) is 4.98 Å². The van der Waals surface area contributed by atoms with E-state index in [2.05, 4.69) is 52.2 Å². The largest absolute Gasteiger partial charge is 0.379 e. The first kappa shape index (κ1) is 12.9. The lowest BCUT2D eigenvalue weighted by atomic mass is 10.1. The Hall–Kier alpha value is -0.580. The normalized spacial score (nSPS) is 10.6. The molecular formula is C12H12BrClN2S. The number of aromatic nitrogens is 1. The van der Waals surface area contributed by atoms with Crippen molar-refractivity contribution < 1.29 is 0 Å². The summed E-state index contributed by atoms with van der Waals surface area (Å²) in [6, 6.07) is 4.27. The Bertz CT molecular complexity index is 516. The molecule has 0 aliphatic rings. The summed E-state index contributed by atoms with van der Waals surface area (Å²) >= 11 is 10.9. The highest BCUT2D eigenvalue weighted by atomic mass is 79.9. The molecule has 0 saturated carbocycles. The lowest BCUT2D eigenvalue weighted by Crippen LogP contribution is -2.00. The Morgan fingerprint density at radius 3 is 2.76 bits per heavy atom. The van der Waals surface area contributed by atoms with Gasteiger partial charge in [0.25, 0.3) is 0 Å². The Balaban J connectivity index is 2.14. The zero-order chi connectivity index (χ0) is 12.4. The van der Waals surface area contributed by atoms with Crippen LogP contribution in [0.4, 0.5) is 5.69 Å². The topological polar surface area (TPSA) is 24.9 Å². The summed E-state index contributed by atoms with van der Waals surface area (Å²) in [4.78, 5) is 5.15. The van der Waals surface area contributed by atoms with Crippen LogP contribution in [-0.4, -0.2) is 4.98 Å².